The number of aliphatic hydroxyl groups excluding tert-OH is 1. The zero-order chi connectivity index (χ0) is 13.1. The minimum absolute atomic E-state index is 0.0792. The van der Waals surface area contributed by atoms with Crippen LogP contribution in [0.1, 0.15) is 17.2 Å². The van der Waals surface area contributed by atoms with Crippen LogP contribution < -0.4 is 0 Å². The molecule has 0 aromatic heterocycles. The van der Waals surface area contributed by atoms with Gasteiger partial charge in [0.05, 0.1) is 11.1 Å². The first kappa shape index (κ1) is 13.5. The summed E-state index contributed by atoms with van der Waals surface area (Å²) in [6.45, 7) is 0. The number of hydrogen-bond donors (Lipinski definition) is 1. The van der Waals surface area contributed by atoms with E-state index in [1.165, 1.54) is 6.07 Å². The Labute approximate surface area is 118 Å². The number of benzene rings is 2. The smallest absolute Gasteiger partial charge is 0.145 e. The Morgan fingerprint density at radius 2 is 1.83 bits per heavy atom. The Bertz CT molecular complexity index is 542. The van der Waals surface area contributed by atoms with E-state index >= 15 is 0 Å². The van der Waals surface area contributed by atoms with Crippen LogP contribution in [0.3, 0.4) is 0 Å². The Kier molecular flexibility index (Phi) is 4.38. The fourth-order valence-corrected chi connectivity index (χ4v) is 2.18. The van der Waals surface area contributed by atoms with Crippen molar-refractivity contribution >= 4 is 27.5 Å². The highest BCUT2D eigenvalue weighted by atomic mass is 79.9. The van der Waals surface area contributed by atoms with Gasteiger partial charge in [-0.2, -0.15) is 0 Å². The maximum atomic E-state index is 13.7. The van der Waals surface area contributed by atoms with Crippen molar-refractivity contribution in [1.29, 1.82) is 0 Å². The molecule has 1 nitrogen and oxygen atoms in total. The van der Waals surface area contributed by atoms with Crippen molar-refractivity contribution in [3.05, 3.63) is 68.9 Å². The number of aliphatic hydroxyl groups is 1. The summed E-state index contributed by atoms with van der Waals surface area (Å²) in [6.07, 6.45) is -0.542. The number of hydrogen-bond acceptors (Lipinski definition) is 1. The van der Waals surface area contributed by atoms with Gasteiger partial charge in [0.2, 0.25) is 0 Å². The van der Waals surface area contributed by atoms with E-state index in [9.17, 15) is 9.50 Å². The second kappa shape index (κ2) is 5.83. The molecule has 0 radical (unpaired) electrons. The lowest BCUT2D eigenvalue weighted by Gasteiger charge is -2.12. The van der Waals surface area contributed by atoms with Crippen molar-refractivity contribution in [3.8, 4) is 0 Å². The molecular formula is C14H11BrClFO. The van der Waals surface area contributed by atoms with Gasteiger partial charge in [-0.3, -0.25) is 0 Å². The Balaban J connectivity index is 2.18. The molecule has 0 bridgehead atoms. The predicted molar refractivity (Wildman–Crippen MR) is 74.2 cm³/mol. The summed E-state index contributed by atoms with van der Waals surface area (Å²) >= 11 is 9.02. The highest BCUT2D eigenvalue weighted by Crippen LogP contribution is 2.24. The molecule has 0 fully saturated rings. The molecule has 18 heavy (non-hydrogen) atoms. The van der Waals surface area contributed by atoms with E-state index in [0.717, 1.165) is 10.0 Å². The van der Waals surface area contributed by atoms with Gasteiger partial charge in [0.1, 0.15) is 5.82 Å². The van der Waals surface area contributed by atoms with Gasteiger partial charge in [0.15, 0.2) is 0 Å². The number of halogens is 3. The molecule has 1 atom stereocenters. The summed E-state index contributed by atoms with van der Waals surface area (Å²) in [5, 5.41) is 10.1. The summed E-state index contributed by atoms with van der Waals surface area (Å²) in [6, 6.07) is 12.1. The fraction of sp³-hybridized carbons (Fsp3) is 0.143. The van der Waals surface area contributed by atoms with Crippen LogP contribution in [0.15, 0.2) is 46.9 Å². The van der Waals surface area contributed by atoms with Gasteiger partial charge in [0.25, 0.3) is 0 Å². The summed E-state index contributed by atoms with van der Waals surface area (Å²) in [5.74, 6) is -0.463. The molecule has 0 heterocycles. The first-order valence-electron chi connectivity index (χ1n) is 5.44. The van der Waals surface area contributed by atoms with Crippen LogP contribution >= 0.6 is 27.5 Å². The van der Waals surface area contributed by atoms with Crippen LogP contribution in [0.4, 0.5) is 4.39 Å². The largest absolute Gasteiger partial charge is 0.388 e. The molecule has 2 aromatic rings. The number of rotatable bonds is 3. The van der Waals surface area contributed by atoms with Gasteiger partial charge in [-0.05, 0) is 29.3 Å². The molecule has 0 saturated carbocycles. The van der Waals surface area contributed by atoms with Crippen LogP contribution in [-0.2, 0) is 6.42 Å². The van der Waals surface area contributed by atoms with Gasteiger partial charge in [-0.1, -0.05) is 51.8 Å². The molecule has 1 unspecified atom stereocenters. The van der Waals surface area contributed by atoms with E-state index in [2.05, 4.69) is 15.9 Å². The third-order valence-corrected chi connectivity index (χ3v) is 3.52. The van der Waals surface area contributed by atoms with Crippen molar-refractivity contribution < 1.29 is 9.50 Å². The molecule has 0 saturated heterocycles. The first-order valence-corrected chi connectivity index (χ1v) is 6.61. The lowest BCUT2D eigenvalue weighted by Crippen LogP contribution is -2.03. The quantitative estimate of drug-likeness (QED) is 0.878. The third kappa shape index (κ3) is 3.10. The van der Waals surface area contributed by atoms with Crippen molar-refractivity contribution in [2.45, 2.75) is 12.5 Å². The fourth-order valence-electron chi connectivity index (χ4n) is 1.72. The van der Waals surface area contributed by atoms with E-state index < -0.39 is 11.9 Å². The Morgan fingerprint density at radius 1 is 1.17 bits per heavy atom. The average molecular weight is 330 g/mol. The van der Waals surface area contributed by atoms with Gasteiger partial charge in [-0.25, -0.2) is 4.39 Å². The summed E-state index contributed by atoms with van der Waals surface area (Å²) in [4.78, 5) is 0. The van der Waals surface area contributed by atoms with Gasteiger partial charge < -0.3 is 5.11 Å². The zero-order valence-corrected chi connectivity index (χ0v) is 11.7. The average Bonchev–Trinajstić information content (AvgIpc) is 2.36. The monoisotopic (exact) mass is 328 g/mol. The summed E-state index contributed by atoms with van der Waals surface area (Å²) in [7, 11) is 0. The van der Waals surface area contributed by atoms with E-state index in [4.69, 9.17) is 11.6 Å². The minimum Gasteiger partial charge on any atom is -0.388 e. The molecule has 2 rings (SSSR count). The Morgan fingerprint density at radius 3 is 2.50 bits per heavy atom. The zero-order valence-electron chi connectivity index (χ0n) is 9.41. The van der Waals surface area contributed by atoms with Crippen LogP contribution in [0.2, 0.25) is 5.02 Å². The van der Waals surface area contributed by atoms with E-state index in [-0.39, 0.29) is 11.4 Å². The Hall–Kier alpha value is -0.900. The maximum absolute atomic E-state index is 13.7. The van der Waals surface area contributed by atoms with E-state index in [1.54, 1.807) is 24.3 Å². The van der Waals surface area contributed by atoms with Gasteiger partial charge in [-0.15, -0.1) is 0 Å². The third-order valence-electron chi connectivity index (χ3n) is 2.70. The van der Waals surface area contributed by atoms with Crippen molar-refractivity contribution in [2.24, 2.45) is 0 Å². The van der Waals surface area contributed by atoms with Crippen LogP contribution in [0.25, 0.3) is 0 Å². The lowest BCUT2D eigenvalue weighted by molar-refractivity contribution is 0.177. The topological polar surface area (TPSA) is 20.2 Å². The second-order valence-electron chi connectivity index (χ2n) is 3.98. The SMILES string of the molecule is OC(Cc1cccc(Cl)c1F)c1ccc(Br)cc1. The first-order chi connectivity index (χ1) is 8.58. The standard InChI is InChI=1S/C14H11BrClFO/c15-11-6-4-9(5-7-11)13(18)8-10-2-1-3-12(16)14(10)17/h1-7,13,18H,8H2. The molecule has 0 spiro atoms. The molecular weight excluding hydrogens is 319 g/mol. The highest BCUT2D eigenvalue weighted by molar-refractivity contribution is 9.10. The van der Waals surface area contributed by atoms with Crippen molar-refractivity contribution in [2.75, 3.05) is 0 Å². The van der Waals surface area contributed by atoms with E-state index in [0.29, 0.717) is 5.56 Å². The maximum Gasteiger partial charge on any atom is 0.145 e. The molecule has 0 amide bonds. The highest BCUT2D eigenvalue weighted by Gasteiger charge is 2.13. The van der Waals surface area contributed by atoms with Gasteiger partial charge >= 0.3 is 0 Å². The molecule has 94 valence electrons. The molecule has 2 aromatic carbocycles. The normalized spacial score (nSPS) is 12.4. The van der Waals surface area contributed by atoms with Crippen molar-refractivity contribution in [3.63, 3.8) is 0 Å². The molecule has 0 aliphatic heterocycles. The molecule has 4 heteroatoms. The minimum atomic E-state index is -0.744. The van der Waals surface area contributed by atoms with E-state index in [1.807, 2.05) is 12.1 Å². The molecule has 0 aliphatic carbocycles. The molecule has 0 aliphatic rings. The lowest BCUT2D eigenvalue weighted by atomic mass is 10.0. The van der Waals surface area contributed by atoms with Gasteiger partial charge in [0, 0.05) is 10.9 Å². The summed E-state index contributed by atoms with van der Waals surface area (Å²) in [5.41, 5.74) is 1.16. The van der Waals surface area contributed by atoms with Crippen LogP contribution in [0.5, 0.6) is 0 Å². The second-order valence-corrected chi connectivity index (χ2v) is 5.31. The summed E-state index contributed by atoms with van der Waals surface area (Å²) < 4.78 is 14.6. The molecule has 1 N–H and O–H groups in total. The van der Waals surface area contributed by atoms with Crippen molar-refractivity contribution in [1.82, 2.24) is 0 Å². The van der Waals surface area contributed by atoms with Crippen LogP contribution in [-0.4, -0.2) is 5.11 Å². The predicted octanol–water partition coefficient (Wildman–Crippen LogP) is 4.52. The van der Waals surface area contributed by atoms with Crippen LogP contribution in [0, 0.1) is 5.82 Å².